The van der Waals surface area contributed by atoms with Gasteiger partial charge in [-0.05, 0) is 127 Å². The minimum Gasteiger partial charge on any atom is -0.494 e. The molecule has 72 heavy (non-hydrogen) atoms. The van der Waals surface area contributed by atoms with Crippen LogP contribution < -0.4 is 14.2 Å². The van der Waals surface area contributed by atoms with E-state index in [9.17, 15) is 0 Å². The first-order valence-electron chi connectivity index (χ1n) is 26.0. The summed E-state index contributed by atoms with van der Waals surface area (Å²) in [4.78, 5) is 14.2. The maximum atomic E-state index is 6.00. The van der Waals surface area contributed by atoms with Crippen LogP contribution in [0.3, 0.4) is 0 Å². The Morgan fingerprint density at radius 3 is 0.889 bits per heavy atom. The van der Waals surface area contributed by atoms with Gasteiger partial charge in [-0.15, -0.1) is 30.6 Å². The minimum atomic E-state index is 0.542. The average Bonchev–Trinajstić information content (AvgIpc) is 4.22. The quantitative estimate of drug-likeness (QED) is 0.0290. The molecule has 7 aromatic rings. The number of hydrogen-bond donors (Lipinski definition) is 0. The van der Waals surface area contributed by atoms with E-state index in [0.29, 0.717) is 15.4 Å². The summed E-state index contributed by atoms with van der Waals surface area (Å²) >= 11 is 4.28. The van der Waals surface area contributed by atoms with Crippen LogP contribution >= 0.6 is 34.0 Å². The lowest BCUT2D eigenvalue weighted by Gasteiger charge is -2.06. The molecule has 378 valence electrons. The van der Waals surface area contributed by atoms with Crippen molar-refractivity contribution in [1.29, 1.82) is 0 Å². The number of benzene rings is 4. The van der Waals surface area contributed by atoms with Gasteiger partial charge in [-0.25, -0.2) is 15.0 Å². The van der Waals surface area contributed by atoms with E-state index >= 15 is 0 Å². The van der Waals surface area contributed by atoms with E-state index in [2.05, 4.69) is 51.4 Å². The van der Waals surface area contributed by atoms with Crippen LogP contribution in [0.2, 0.25) is 0 Å². The van der Waals surface area contributed by atoms with Crippen molar-refractivity contribution in [2.45, 2.75) is 136 Å². The predicted molar refractivity (Wildman–Crippen MR) is 301 cm³/mol. The highest BCUT2D eigenvalue weighted by Gasteiger charge is 2.11. The van der Waals surface area contributed by atoms with Crippen molar-refractivity contribution in [1.82, 2.24) is 30.6 Å². The molecule has 0 bridgehead atoms. The highest BCUT2D eigenvalue weighted by molar-refractivity contribution is 7.18. The standard InChI is InChI=1S/C57H69N9O3S3/c1-4-7-10-13-16-19-34-67-49-28-22-46(23-29-49)52-61-64-55(70-52)58-40-43-37-44(41-59-56-65-62-53(71-56)47-24-30-50(31-25-47)68-35-20-17-14-11-8-5-2)39-45(38-43)42-60-57-66-63-54(72-57)48-26-32-51(33-27-48)69-36-21-18-15-12-9-6-3/h22-33,37-42H,4-21,34-36H2,1-3H3/b58-40+,59-41+,60-42+. The van der Waals surface area contributed by atoms with Crippen LogP contribution in [0, 0.1) is 0 Å². The molecule has 0 saturated heterocycles. The van der Waals surface area contributed by atoms with Crippen LogP contribution in [-0.4, -0.2) is 69.1 Å². The highest BCUT2D eigenvalue weighted by atomic mass is 32.1. The Kier molecular flexibility index (Phi) is 23.0. The van der Waals surface area contributed by atoms with Crippen molar-refractivity contribution in [2.24, 2.45) is 15.0 Å². The summed E-state index contributed by atoms with van der Waals surface area (Å²) < 4.78 is 18.0. The maximum Gasteiger partial charge on any atom is 0.231 e. The molecular formula is C57H69N9O3S3. The van der Waals surface area contributed by atoms with E-state index in [0.717, 1.165) is 105 Å². The Balaban J connectivity index is 1.00. The third kappa shape index (κ3) is 18.5. The molecule has 15 heteroatoms. The van der Waals surface area contributed by atoms with Crippen LogP contribution in [0.15, 0.2) is 106 Å². The second-order valence-electron chi connectivity index (χ2n) is 17.8. The topological polar surface area (TPSA) is 142 Å². The van der Waals surface area contributed by atoms with Gasteiger partial charge in [-0.1, -0.05) is 151 Å². The highest BCUT2D eigenvalue weighted by Crippen LogP contribution is 2.32. The largest absolute Gasteiger partial charge is 0.494 e. The first-order valence-corrected chi connectivity index (χ1v) is 28.5. The van der Waals surface area contributed by atoms with E-state index < -0.39 is 0 Å². The summed E-state index contributed by atoms with van der Waals surface area (Å²) in [5, 5.41) is 30.5. The second kappa shape index (κ2) is 30.8. The summed E-state index contributed by atoms with van der Waals surface area (Å²) in [6.45, 7) is 8.91. The van der Waals surface area contributed by atoms with Crippen molar-refractivity contribution < 1.29 is 14.2 Å². The van der Waals surface area contributed by atoms with Gasteiger partial charge in [0.15, 0.2) is 0 Å². The SMILES string of the molecule is CCCCCCCCOc1ccc(-c2nnc(/N=C/c3cc(/C=N/c4nnc(-c5ccc(OCCCCCCCC)cc5)s4)cc(/C=N/c4nnc(-c5ccc(OCCCCCCCC)cc5)s4)c3)s2)cc1. The van der Waals surface area contributed by atoms with Gasteiger partial charge in [-0.2, -0.15) is 0 Å². The molecular weight excluding hydrogens is 955 g/mol. The van der Waals surface area contributed by atoms with E-state index in [4.69, 9.17) is 29.2 Å². The number of nitrogens with zero attached hydrogens (tertiary/aromatic N) is 9. The lowest BCUT2D eigenvalue weighted by atomic mass is 10.1. The molecule has 0 unspecified atom stereocenters. The van der Waals surface area contributed by atoms with Gasteiger partial charge in [0.25, 0.3) is 0 Å². The van der Waals surface area contributed by atoms with E-state index in [1.807, 2.05) is 91.0 Å². The molecule has 7 rings (SSSR count). The molecule has 0 amide bonds. The van der Waals surface area contributed by atoms with Crippen LogP contribution in [0.1, 0.15) is 153 Å². The van der Waals surface area contributed by atoms with Gasteiger partial charge in [0.2, 0.25) is 15.4 Å². The third-order valence-corrected chi connectivity index (χ3v) is 14.5. The maximum absolute atomic E-state index is 6.00. The van der Waals surface area contributed by atoms with Gasteiger partial charge in [0.05, 0.1) is 19.8 Å². The lowest BCUT2D eigenvalue weighted by molar-refractivity contribution is 0.304. The Bertz CT molecular complexity index is 2410. The fourth-order valence-electron chi connectivity index (χ4n) is 7.77. The first-order chi connectivity index (χ1) is 35.5. The molecule has 0 saturated carbocycles. The number of unbranched alkanes of at least 4 members (excludes halogenated alkanes) is 15. The van der Waals surface area contributed by atoms with Crippen molar-refractivity contribution in [2.75, 3.05) is 19.8 Å². The molecule has 0 radical (unpaired) electrons. The molecule has 0 aliphatic carbocycles. The number of ether oxygens (including phenoxy) is 3. The smallest absolute Gasteiger partial charge is 0.231 e. The molecule has 3 aromatic heterocycles. The second-order valence-corrected chi connectivity index (χ2v) is 20.7. The van der Waals surface area contributed by atoms with Gasteiger partial charge in [0.1, 0.15) is 32.3 Å². The van der Waals surface area contributed by atoms with Gasteiger partial charge in [-0.3, -0.25) is 0 Å². The molecule has 12 nitrogen and oxygen atoms in total. The molecule has 0 N–H and O–H groups in total. The summed E-state index contributed by atoms with van der Waals surface area (Å²) in [6.07, 6.45) is 27.6. The molecule has 0 fully saturated rings. The number of aliphatic imine (C=N–C) groups is 3. The van der Waals surface area contributed by atoms with Crippen molar-refractivity contribution >= 4 is 68.0 Å². The Labute approximate surface area is 438 Å². The average molecular weight is 1020 g/mol. The van der Waals surface area contributed by atoms with Crippen LogP contribution in [0.4, 0.5) is 15.4 Å². The zero-order valence-electron chi connectivity index (χ0n) is 42.2. The molecule has 4 aromatic carbocycles. The molecule has 0 aliphatic rings. The van der Waals surface area contributed by atoms with E-state index in [1.165, 1.54) is 130 Å². The fraction of sp³-hybridized carbons (Fsp3) is 0.421. The summed E-state index contributed by atoms with van der Waals surface area (Å²) in [6, 6.07) is 30.1. The third-order valence-electron chi connectivity index (χ3n) is 11.8. The van der Waals surface area contributed by atoms with Crippen LogP contribution in [0.25, 0.3) is 31.7 Å². The minimum absolute atomic E-state index is 0.542. The van der Waals surface area contributed by atoms with Crippen LogP contribution in [0.5, 0.6) is 17.2 Å². The summed E-state index contributed by atoms with van der Waals surface area (Å²) in [5.41, 5.74) is 5.39. The fourth-order valence-corrected chi connectivity index (χ4v) is 9.85. The predicted octanol–water partition coefficient (Wildman–Crippen LogP) is 16.7. The zero-order chi connectivity index (χ0) is 49.8. The van der Waals surface area contributed by atoms with Gasteiger partial charge < -0.3 is 14.2 Å². The van der Waals surface area contributed by atoms with E-state index in [-0.39, 0.29) is 0 Å². The number of aromatic nitrogens is 6. The lowest BCUT2D eigenvalue weighted by Crippen LogP contribution is -1.97. The van der Waals surface area contributed by atoms with Crippen molar-refractivity contribution in [3.8, 4) is 49.0 Å². The van der Waals surface area contributed by atoms with E-state index in [1.54, 1.807) is 18.6 Å². The monoisotopic (exact) mass is 1020 g/mol. The Morgan fingerprint density at radius 2 is 0.611 bits per heavy atom. The molecule has 3 heterocycles. The van der Waals surface area contributed by atoms with Crippen molar-refractivity contribution in [3.63, 3.8) is 0 Å². The normalized spacial score (nSPS) is 11.7. The number of hydrogen-bond acceptors (Lipinski definition) is 15. The van der Waals surface area contributed by atoms with Crippen molar-refractivity contribution in [3.05, 3.63) is 108 Å². The van der Waals surface area contributed by atoms with Gasteiger partial charge >= 0.3 is 0 Å². The summed E-state index contributed by atoms with van der Waals surface area (Å²) in [7, 11) is 0. The zero-order valence-corrected chi connectivity index (χ0v) is 44.7. The Morgan fingerprint density at radius 1 is 0.347 bits per heavy atom. The van der Waals surface area contributed by atoms with Crippen LogP contribution in [-0.2, 0) is 0 Å². The molecule has 0 atom stereocenters. The van der Waals surface area contributed by atoms with Gasteiger partial charge in [0, 0.05) is 35.3 Å². The molecule has 0 spiro atoms. The first kappa shape index (κ1) is 53.8. The Hall–Kier alpha value is -6.03. The number of rotatable bonds is 33. The summed E-state index contributed by atoms with van der Waals surface area (Å²) in [5.74, 6) is 2.58. The molecule has 0 aliphatic heterocycles.